The molecule has 0 bridgehead atoms. The lowest BCUT2D eigenvalue weighted by Crippen LogP contribution is -2.47. The summed E-state index contributed by atoms with van der Waals surface area (Å²) in [5.41, 5.74) is 2.85. The van der Waals surface area contributed by atoms with Gasteiger partial charge in [0.25, 0.3) is 5.91 Å². The number of hydrogen-bond acceptors (Lipinski definition) is 7. The normalized spacial score (nSPS) is 18.0. The summed E-state index contributed by atoms with van der Waals surface area (Å²) in [6.45, 7) is 5.21. The third-order valence-electron chi connectivity index (χ3n) is 7.26. The largest absolute Gasteiger partial charge is 0.488 e. The minimum absolute atomic E-state index is 0.0594. The number of amides is 2. The van der Waals surface area contributed by atoms with Crippen LogP contribution in [0, 0.1) is 5.92 Å². The van der Waals surface area contributed by atoms with Gasteiger partial charge in [0.05, 0.1) is 24.6 Å². The Kier molecular flexibility index (Phi) is 9.69. The van der Waals surface area contributed by atoms with Gasteiger partial charge in [-0.15, -0.1) is 0 Å². The van der Waals surface area contributed by atoms with Gasteiger partial charge in [0.1, 0.15) is 11.9 Å². The first kappa shape index (κ1) is 29.7. The first-order chi connectivity index (χ1) is 19.6. The lowest BCUT2D eigenvalue weighted by Gasteiger charge is -2.34. The number of nitrogens with zero attached hydrogens (tertiary/aromatic N) is 3. The Labute approximate surface area is 239 Å². The summed E-state index contributed by atoms with van der Waals surface area (Å²) >= 11 is 0. The van der Waals surface area contributed by atoms with E-state index in [1.54, 1.807) is 71.9 Å². The molecule has 0 fully saturated rings. The number of carbonyl (C=O) groups excluding carboxylic acids is 2. The summed E-state index contributed by atoms with van der Waals surface area (Å²) in [5, 5.41) is 21.9. The Hall–Kier alpha value is -4.28. The van der Waals surface area contributed by atoms with Crippen molar-refractivity contribution >= 4 is 23.5 Å². The number of carboxylic acid groups (broad SMARTS) is 1. The Bertz CT molecular complexity index is 1360. The van der Waals surface area contributed by atoms with Gasteiger partial charge in [0.15, 0.2) is 0 Å². The Morgan fingerprint density at radius 3 is 2.49 bits per heavy atom. The number of aliphatic hydroxyl groups excluding tert-OH is 1. The molecule has 0 aliphatic carbocycles. The van der Waals surface area contributed by atoms with E-state index in [1.807, 2.05) is 20.9 Å². The zero-order valence-corrected chi connectivity index (χ0v) is 23.5. The highest BCUT2D eigenvalue weighted by atomic mass is 16.5. The zero-order chi connectivity index (χ0) is 29.5. The smallest absolute Gasteiger partial charge is 0.335 e. The zero-order valence-electron chi connectivity index (χ0n) is 23.5. The van der Waals surface area contributed by atoms with Crippen molar-refractivity contribution in [3.63, 3.8) is 0 Å². The molecule has 216 valence electrons. The summed E-state index contributed by atoms with van der Waals surface area (Å²) in [4.78, 5) is 45.1. The Balaban J connectivity index is 1.57. The van der Waals surface area contributed by atoms with E-state index in [0.29, 0.717) is 42.2 Å². The molecule has 2 aromatic carbocycles. The van der Waals surface area contributed by atoms with E-state index in [9.17, 15) is 24.6 Å². The maximum atomic E-state index is 13.4. The minimum atomic E-state index is -0.965. The van der Waals surface area contributed by atoms with E-state index < -0.39 is 5.97 Å². The molecular formula is C31H36N4O6. The molecule has 41 heavy (non-hydrogen) atoms. The van der Waals surface area contributed by atoms with Gasteiger partial charge in [-0.25, -0.2) is 4.79 Å². The van der Waals surface area contributed by atoms with Crippen molar-refractivity contribution in [3.8, 4) is 5.75 Å². The van der Waals surface area contributed by atoms with Crippen molar-refractivity contribution in [3.05, 3.63) is 89.2 Å². The molecule has 4 rings (SSSR count). The first-order valence-corrected chi connectivity index (χ1v) is 13.6. The van der Waals surface area contributed by atoms with Gasteiger partial charge in [-0.1, -0.05) is 19.1 Å². The van der Waals surface area contributed by atoms with Crippen molar-refractivity contribution in [2.24, 2.45) is 5.92 Å². The van der Waals surface area contributed by atoms with Gasteiger partial charge >= 0.3 is 5.97 Å². The van der Waals surface area contributed by atoms with Crippen LogP contribution in [0.3, 0.4) is 0 Å². The summed E-state index contributed by atoms with van der Waals surface area (Å²) < 4.78 is 6.56. The predicted molar refractivity (Wildman–Crippen MR) is 154 cm³/mol. The third-order valence-corrected chi connectivity index (χ3v) is 7.26. The van der Waals surface area contributed by atoms with Crippen molar-refractivity contribution < 1.29 is 29.3 Å². The van der Waals surface area contributed by atoms with Crippen LogP contribution >= 0.6 is 0 Å². The molecule has 3 atom stereocenters. The minimum Gasteiger partial charge on any atom is -0.488 e. The summed E-state index contributed by atoms with van der Waals surface area (Å²) in [7, 11) is 1.96. The maximum Gasteiger partial charge on any atom is 0.335 e. The van der Waals surface area contributed by atoms with Crippen molar-refractivity contribution in [1.29, 1.82) is 0 Å². The van der Waals surface area contributed by atoms with E-state index in [2.05, 4.69) is 15.2 Å². The highest BCUT2D eigenvalue weighted by molar-refractivity contribution is 6.04. The number of carbonyl (C=O) groups is 3. The van der Waals surface area contributed by atoms with Crippen LogP contribution in [0.4, 0.5) is 5.69 Å². The van der Waals surface area contributed by atoms with E-state index >= 15 is 0 Å². The lowest BCUT2D eigenvalue weighted by molar-refractivity contribution is -0.134. The molecule has 0 spiro atoms. The summed E-state index contributed by atoms with van der Waals surface area (Å²) in [6, 6.07) is 14.9. The van der Waals surface area contributed by atoms with Gasteiger partial charge in [-0.3, -0.25) is 19.5 Å². The number of aromatic nitrogens is 1. The van der Waals surface area contributed by atoms with Crippen LogP contribution in [0.1, 0.15) is 45.7 Å². The molecule has 1 aromatic heterocycles. The number of likely N-dealkylation sites (N-methyl/N-ethyl adjacent to an activating group) is 1. The van der Waals surface area contributed by atoms with Gasteiger partial charge in [-0.05, 0) is 62.0 Å². The highest BCUT2D eigenvalue weighted by Gasteiger charge is 2.31. The summed E-state index contributed by atoms with van der Waals surface area (Å²) in [6.07, 6.45) is 2.86. The van der Waals surface area contributed by atoms with Crippen LogP contribution in [-0.2, 0) is 17.8 Å². The Morgan fingerprint density at radius 2 is 1.83 bits per heavy atom. The number of rotatable bonds is 9. The van der Waals surface area contributed by atoms with Crippen LogP contribution < -0.4 is 10.1 Å². The fraction of sp³-hybridized carbons (Fsp3) is 0.355. The number of carboxylic acids is 1. The molecule has 1 aliphatic rings. The van der Waals surface area contributed by atoms with Crippen molar-refractivity contribution in [1.82, 2.24) is 14.8 Å². The van der Waals surface area contributed by atoms with E-state index in [-0.39, 0.29) is 48.5 Å². The second kappa shape index (κ2) is 13.4. The molecule has 0 saturated carbocycles. The number of aromatic carboxylic acids is 1. The molecule has 3 aromatic rings. The van der Waals surface area contributed by atoms with E-state index in [0.717, 1.165) is 5.56 Å². The van der Waals surface area contributed by atoms with Crippen LogP contribution in [0.2, 0.25) is 0 Å². The lowest BCUT2D eigenvalue weighted by atomic mass is 10.0. The maximum absolute atomic E-state index is 13.4. The first-order valence-electron chi connectivity index (χ1n) is 13.6. The summed E-state index contributed by atoms with van der Waals surface area (Å²) in [5.74, 6) is -0.889. The number of hydrogen-bond donors (Lipinski definition) is 3. The molecule has 0 unspecified atom stereocenters. The quantitative estimate of drug-likeness (QED) is 0.363. The second-order valence-corrected chi connectivity index (χ2v) is 10.6. The van der Waals surface area contributed by atoms with Crippen molar-refractivity contribution in [2.75, 3.05) is 32.1 Å². The molecule has 2 heterocycles. The molecule has 1 aliphatic heterocycles. The molecule has 0 saturated heterocycles. The van der Waals surface area contributed by atoms with Crippen LogP contribution in [-0.4, -0.2) is 81.7 Å². The molecular weight excluding hydrogens is 524 g/mol. The average molecular weight is 561 g/mol. The number of nitrogens with one attached hydrogen (secondary N) is 1. The van der Waals surface area contributed by atoms with Gasteiger partial charge in [-0.2, -0.15) is 0 Å². The fourth-order valence-corrected chi connectivity index (χ4v) is 4.87. The second-order valence-electron chi connectivity index (χ2n) is 10.6. The molecule has 3 N–H and O–H groups in total. The fourth-order valence-electron chi connectivity index (χ4n) is 4.87. The average Bonchev–Trinajstić information content (AvgIpc) is 3.00. The molecule has 2 amide bonds. The standard InChI is InChI=1S/C31H36N4O6/c1-20-16-35(21(2)19-36)29(37)15-25-14-26(33-30(38)23-10-12-32-13-11-23)8-9-27(25)41-28(20)18-34(3)17-22-4-6-24(7-5-22)31(39)40/h4-14,20-21,28,36H,15-19H2,1-3H3,(H,33,38)(H,39,40)/t20-,21+,28-/m1/s1. The number of pyridine rings is 1. The third kappa shape index (κ3) is 7.68. The number of fused-ring (bicyclic) bond motifs is 1. The number of benzene rings is 2. The van der Waals surface area contributed by atoms with E-state index in [1.165, 1.54) is 0 Å². The van der Waals surface area contributed by atoms with E-state index in [4.69, 9.17) is 4.74 Å². The molecule has 10 nitrogen and oxygen atoms in total. The Morgan fingerprint density at radius 1 is 1.12 bits per heavy atom. The highest BCUT2D eigenvalue weighted by Crippen LogP contribution is 2.29. The van der Waals surface area contributed by atoms with Crippen LogP contribution in [0.15, 0.2) is 67.0 Å². The SMILES string of the molecule is C[C@@H]1CN([C@@H](C)CO)C(=O)Cc2cc(NC(=O)c3ccncc3)ccc2O[C@@H]1CN(C)Cc1ccc(C(=O)O)cc1. The monoisotopic (exact) mass is 560 g/mol. The van der Waals surface area contributed by atoms with Gasteiger partial charge in [0.2, 0.25) is 5.91 Å². The van der Waals surface area contributed by atoms with Crippen LogP contribution in [0.5, 0.6) is 5.75 Å². The van der Waals surface area contributed by atoms with Crippen LogP contribution in [0.25, 0.3) is 0 Å². The predicted octanol–water partition coefficient (Wildman–Crippen LogP) is 3.31. The topological polar surface area (TPSA) is 132 Å². The van der Waals surface area contributed by atoms with Gasteiger partial charge in [0, 0.05) is 54.8 Å². The number of anilines is 1. The van der Waals surface area contributed by atoms with Gasteiger partial charge < -0.3 is 25.2 Å². The number of aliphatic hydroxyl groups is 1. The molecule has 10 heteroatoms. The van der Waals surface area contributed by atoms with Crippen molar-refractivity contribution in [2.45, 2.75) is 39.0 Å². The number of ether oxygens (including phenoxy) is 1. The molecule has 0 radical (unpaired) electrons.